The number of hydrogen-bond donors (Lipinski definition) is 0. The first-order valence-corrected chi connectivity index (χ1v) is 9.17. The van der Waals surface area contributed by atoms with E-state index < -0.39 is 22.6 Å². The zero-order valence-corrected chi connectivity index (χ0v) is 13.9. The third kappa shape index (κ3) is 5.86. The molecule has 0 N–H and O–H groups in total. The first-order valence-electron chi connectivity index (χ1n) is 6.40. The molecule has 3 nitrogen and oxygen atoms in total. The first-order chi connectivity index (χ1) is 9.69. The SMILES string of the molecule is CCCS(=O)(=O)c1ccc(N(CCBr)CC(F)(F)F)cc1. The summed E-state index contributed by atoms with van der Waals surface area (Å²) in [5.41, 5.74) is 0.349. The van der Waals surface area contributed by atoms with Crippen LogP contribution in [0.4, 0.5) is 18.9 Å². The zero-order valence-electron chi connectivity index (χ0n) is 11.5. The average molecular weight is 388 g/mol. The third-order valence-corrected chi connectivity index (χ3v) is 5.05. The van der Waals surface area contributed by atoms with Gasteiger partial charge in [-0.25, -0.2) is 8.42 Å². The number of rotatable bonds is 7. The Morgan fingerprint density at radius 3 is 2.19 bits per heavy atom. The lowest BCUT2D eigenvalue weighted by Crippen LogP contribution is -2.35. The number of benzene rings is 1. The highest BCUT2D eigenvalue weighted by molar-refractivity contribution is 9.09. The summed E-state index contributed by atoms with van der Waals surface area (Å²) in [5.74, 6) is 0.0278. The Labute approximate surface area is 131 Å². The zero-order chi connectivity index (χ0) is 16.1. The minimum absolute atomic E-state index is 0.0278. The van der Waals surface area contributed by atoms with Gasteiger partial charge in [0.25, 0.3) is 0 Å². The summed E-state index contributed by atoms with van der Waals surface area (Å²) in [6, 6.07) is 5.55. The van der Waals surface area contributed by atoms with Gasteiger partial charge in [0.15, 0.2) is 9.84 Å². The molecule has 0 fully saturated rings. The summed E-state index contributed by atoms with van der Waals surface area (Å²) in [6.45, 7) is 0.868. The maximum absolute atomic E-state index is 12.5. The van der Waals surface area contributed by atoms with E-state index in [4.69, 9.17) is 0 Å². The van der Waals surface area contributed by atoms with Crippen LogP contribution in [-0.2, 0) is 9.84 Å². The minimum Gasteiger partial charge on any atom is -0.362 e. The van der Waals surface area contributed by atoms with E-state index in [2.05, 4.69) is 15.9 Å². The van der Waals surface area contributed by atoms with E-state index in [1.54, 1.807) is 6.92 Å². The Hall–Kier alpha value is -0.760. The second-order valence-electron chi connectivity index (χ2n) is 4.54. The highest BCUT2D eigenvalue weighted by atomic mass is 79.9. The first kappa shape index (κ1) is 18.3. The Kier molecular flexibility index (Phi) is 6.52. The maximum Gasteiger partial charge on any atom is 0.405 e. The van der Waals surface area contributed by atoms with Crippen LogP contribution in [0.15, 0.2) is 29.2 Å². The number of sulfone groups is 1. The fraction of sp³-hybridized carbons (Fsp3) is 0.538. The van der Waals surface area contributed by atoms with E-state index in [0.717, 1.165) is 4.90 Å². The maximum atomic E-state index is 12.5. The summed E-state index contributed by atoms with van der Waals surface area (Å²) in [4.78, 5) is 1.30. The predicted octanol–water partition coefficient (Wildman–Crippen LogP) is 3.63. The van der Waals surface area contributed by atoms with Crippen LogP contribution >= 0.6 is 15.9 Å². The topological polar surface area (TPSA) is 37.4 Å². The summed E-state index contributed by atoms with van der Waals surface area (Å²) in [6.07, 6.45) is -3.82. The van der Waals surface area contributed by atoms with Crippen molar-refractivity contribution in [3.05, 3.63) is 24.3 Å². The van der Waals surface area contributed by atoms with Crippen LogP contribution in [0, 0.1) is 0 Å². The number of alkyl halides is 4. The van der Waals surface area contributed by atoms with Crippen LogP contribution in [-0.4, -0.2) is 38.8 Å². The molecule has 8 heteroatoms. The lowest BCUT2D eigenvalue weighted by molar-refractivity contribution is -0.119. The van der Waals surface area contributed by atoms with Gasteiger partial charge in [-0.2, -0.15) is 13.2 Å². The Balaban J connectivity index is 2.98. The van der Waals surface area contributed by atoms with E-state index in [1.165, 1.54) is 24.3 Å². The van der Waals surface area contributed by atoms with Crippen molar-refractivity contribution in [3.8, 4) is 0 Å². The molecule has 0 radical (unpaired) electrons. The molecule has 0 atom stereocenters. The molecule has 0 aliphatic carbocycles. The number of hydrogen-bond acceptors (Lipinski definition) is 3. The van der Waals surface area contributed by atoms with Gasteiger partial charge in [-0.05, 0) is 30.7 Å². The van der Waals surface area contributed by atoms with Crippen molar-refractivity contribution < 1.29 is 21.6 Å². The van der Waals surface area contributed by atoms with E-state index in [1.807, 2.05) is 0 Å². The van der Waals surface area contributed by atoms with Crippen LogP contribution < -0.4 is 4.90 Å². The van der Waals surface area contributed by atoms with Gasteiger partial charge in [-0.3, -0.25) is 0 Å². The number of halogens is 4. The highest BCUT2D eigenvalue weighted by Gasteiger charge is 2.30. The van der Waals surface area contributed by atoms with E-state index in [-0.39, 0.29) is 17.2 Å². The van der Waals surface area contributed by atoms with Crippen molar-refractivity contribution >= 4 is 31.5 Å². The standard InChI is InChI=1S/C13H17BrF3NO2S/c1-2-9-21(19,20)12-5-3-11(4-6-12)18(8-7-14)10-13(15,16)17/h3-6H,2,7-10H2,1H3. The van der Waals surface area contributed by atoms with Gasteiger partial charge in [-0.1, -0.05) is 22.9 Å². The molecule has 0 spiro atoms. The smallest absolute Gasteiger partial charge is 0.362 e. The molecule has 1 rings (SSSR count). The molecule has 1 aromatic rings. The Morgan fingerprint density at radius 1 is 1.19 bits per heavy atom. The summed E-state index contributed by atoms with van der Waals surface area (Å²) < 4.78 is 61.3. The lowest BCUT2D eigenvalue weighted by Gasteiger charge is -2.25. The largest absolute Gasteiger partial charge is 0.405 e. The normalized spacial score (nSPS) is 12.4. The molecule has 0 aliphatic rings. The Morgan fingerprint density at radius 2 is 1.76 bits per heavy atom. The fourth-order valence-electron chi connectivity index (χ4n) is 1.87. The van der Waals surface area contributed by atoms with Crippen molar-refractivity contribution in [1.29, 1.82) is 0 Å². The van der Waals surface area contributed by atoms with Gasteiger partial charge in [0.1, 0.15) is 6.54 Å². The molecule has 0 amide bonds. The third-order valence-electron chi connectivity index (χ3n) is 2.76. The minimum atomic E-state index is -4.31. The monoisotopic (exact) mass is 387 g/mol. The van der Waals surface area contributed by atoms with Crippen LogP contribution in [0.5, 0.6) is 0 Å². The number of nitrogens with zero attached hydrogens (tertiary/aromatic N) is 1. The number of anilines is 1. The van der Waals surface area contributed by atoms with Crippen molar-refractivity contribution in [2.75, 3.05) is 29.1 Å². The molecule has 0 saturated heterocycles. The van der Waals surface area contributed by atoms with E-state index >= 15 is 0 Å². The summed E-state index contributed by atoms with van der Waals surface area (Å²) in [5, 5.41) is 0.388. The van der Waals surface area contributed by atoms with Crippen LogP contribution in [0.1, 0.15) is 13.3 Å². The molecule has 0 saturated carbocycles. The molecular formula is C13H17BrF3NO2S. The van der Waals surface area contributed by atoms with Gasteiger partial charge in [-0.15, -0.1) is 0 Å². The van der Waals surface area contributed by atoms with Crippen molar-refractivity contribution in [2.24, 2.45) is 0 Å². The summed E-state index contributed by atoms with van der Waals surface area (Å²) >= 11 is 3.12. The van der Waals surface area contributed by atoms with Gasteiger partial charge in [0.2, 0.25) is 0 Å². The lowest BCUT2D eigenvalue weighted by atomic mass is 10.3. The fourth-order valence-corrected chi connectivity index (χ4v) is 3.62. The van der Waals surface area contributed by atoms with Gasteiger partial charge in [0, 0.05) is 17.6 Å². The van der Waals surface area contributed by atoms with Crippen LogP contribution in [0.2, 0.25) is 0 Å². The van der Waals surface area contributed by atoms with Gasteiger partial charge in [0.05, 0.1) is 10.6 Å². The van der Waals surface area contributed by atoms with E-state index in [9.17, 15) is 21.6 Å². The molecule has 120 valence electrons. The highest BCUT2D eigenvalue weighted by Crippen LogP contribution is 2.24. The van der Waals surface area contributed by atoms with Crippen molar-refractivity contribution in [1.82, 2.24) is 0 Å². The molecule has 1 aromatic carbocycles. The molecule has 0 heterocycles. The molecule has 0 unspecified atom stereocenters. The van der Waals surface area contributed by atoms with Crippen LogP contribution in [0.3, 0.4) is 0 Å². The van der Waals surface area contributed by atoms with Crippen LogP contribution in [0.25, 0.3) is 0 Å². The van der Waals surface area contributed by atoms with Gasteiger partial charge < -0.3 is 4.90 Å². The molecule has 0 bridgehead atoms. The van der Waals surface area contributed by atoms with Crippen molar-refractivity contribution in [2.45, 2.75) is 24.4 Å². The average Bonchev–Trinajstić information content (AvgIpc) is 2.37. The molecular weight excluding hydrogens is 371 g/mol. The Bertz CT molecular complexity index is 544. The van der Waals surface area contributed by atoms with Gasteiger partial charge >= 0.3 is 6.18 Å². The predicted molar refractivity (Wildman–Crippen MR) is 80.8 cm³/mol. The molecule has 0 aromatic heterocycles. The second-order valence-corrected chi connectivity index (χ2v) is 7.44. The van der Waals surface area contributed by atoms with Crippen molar-refractivity contribution in [3.63, 3.8) is 0 Å². The second kappa shape index (κ2) is 7.49. The summed E-state index contributed by atoms with van der Waals surface area (Å²) in [7, 11) is -3.35. The molecule has 21 heavy (non-hydrogen) atoms. The quantitative estimate of drug-likeness (QED) is 0.670. The molecule has 0 aliphatic heterocycles. The van der Waals surface area contributed by atoms with E-state index in [0.29, 0.717) is 17.4 Å².